The molecule has 0 aliphatic carbocycles. The topological polar surface area (TPSA) is 85.7 Å². The zero-order valence-corrected chi connectivity index (χ0v) is 17.8. The number of nitriles is 1. The number of hydrogen-bond acceptors (Lipinski definition) is 5. The second kappa shape index (κ2) is 8.03. The van der Waals surface area contributed by atoms with E-state index in [1.807, 2.05) is 51.7 Å². The van der Waals surface area contributed by atoms with Crippen molar-refractivity contribution in [1.82, 2.24) is 15.1 Å². The van der Waals surface area contributed by atoms with Gasteiger partial charge >= 0.3 is 6.09 Å². The van der Waals surface area contributed by atoms with Crippen molar-refractivity contribution in [2.75, 3.05) is 13.1 Å². The number of carbonyl (C=O) groups excluding carboxylic acids is 2. The first-order valence-corrected chi connectivity index (χ1v) is 10.1. The van der Waals surface area contributed by atoms with E-state index in [1.54, 1.807) is 12.1 Å². The highest BCUT2D eigenvalue weighted by Crippen LogP contribution is 2.37. The number of hydrogen-bond donors (Lipinski definition) is 1. The van der Waals surface area contributed by atoms with Gasteiger partial charge in [-0.15, -0.1) is 0 Å². The fourth-order valence-electron chi connectivity index (χ4n) is 4.30. The average molecular weight is 399 g/mol. The molecule has 2 heterocycles. The predicted octanol–water partition coefficient (Wildman–Crippen LogP) is 2.82. The van der Waals surface area contributed by atoms with E-state index in [-0.39, 0.29) is 30.1 Å². The second-order valence-corrected chi connectivity index (χ2v) is 9.06. The van der Waals surface area contributed by atoms with Gasteiger partial charge in [0.25, 0.3) is 0 Å². The number of nitrogens with one attached hydrogen (secondary N) is 1. The summed E-state index contributed by atoms with van der Waals surface area (Å²) in [7, 11) is 0. The molecule has 29 heavy (non-hydrogen) atoms. The molecule has 2 saturated heterocycles. The number of piperazine rings is 1. The van der Waals surface area contributed by atoms with Crippen LogP contribution in [0.3, 0.4) is 0 Å². The van der Waals surface area contributed by atoms with Crippen molar-refractivity contribution in [1.29, 1.82) is 5.26 Å². The lowest BCUT2D eigenvalue weighted by Gasteiger charge is -2.38. The Bertz CT molecular complexity index is 809. The minimum atomic E-state index is -0.533. The van der Waals surface area contributed by atoms with Gasteiger partial charge in [0, 0.05) is 25.2 Å². The van der Waals surface area contributed by atoms with Crippen LogP contribution in [0, 0.1) is 11.3 Å². The SMILES string of the molecule is CC(CN1C[C@@H]2CC1C(=O)N2C(C)c1ccc(C#N)cc1)NC(=O)OC(C)(C)C. The van der Waals surface area contributed by atoms with Crippen molar-refractivity contribution in [2.45, 2.75) is 70.8 Å². The number of rotatable bonds is 5. The summed E-state index contributed by atoms with van der Waals surface area (Å²) in [4.78, 5) is 29.1. The fourth-order valence-corrected chi connectivity index (χ4v) is 4.30. The lowest BCUT2D eigenvalue weighted by Crippen LogP contribution is -2.54. The molecule has 2 aliphatic rings. The Hall–Kier alpha value is -2.59. The number of nitrogens with zero attached hydrogens (tertiary/aromatic N) is 3. The first-order valence-electron chi connectivity index (χ1n) is 10.1. The molecule has 0 aromatic heterocycles. The Morgan fingerprint density at radius 2 is 1.97 bits per heavy atom. The Balaban J connectivity index is 1.57. The van der Waals surface area contributed by atoms with E-state index < -0.39 is 11.7 Å². The lowest BCUT2D eigenvalue weighted by molar-refractivity contribution is -0.139. The highest BCUT2D eigenvalue weighted by molar-refractivity contribution is 5.86. The minimum Gasteiger partial charge on any atom is -0.444 e. The molecule has 156 valence electrons. The summed E-state index contributed by atoms with van der Waals surface area (Å²) < 4.78 is 5.31. The van der Waals surface area contributed by atoms with E-state index >= 15 is 0 Å². The molecule has 3 rings (SSSR count). The Kier molecular flexibility index (Phi) is 5.85. The van der Waals surface area contributed by atoms with Crippen molar-refractivity contribution in [3.8, 4) is 6.07 Å². The number of fused-ring (bicyclic) bond motifs is 2. The van der Waals surface area contributed by atoms with Gasteiger partial charge in [0.1, 0.15) is 5.60 Å². The monoisotopic (exact) mass is 398 g/mol. The lowest BCUT2D eigenvalue weighted by atomic mass is 10.0. The molecule has 0 saturated carbocycles. The third kappa shape index (κ3) is 4.70. The third-order valence-corrected chi connectivity index (χ3v) is 5.53. The van der Waals surface area contributed by atoms with Crippen molar-refractivity contribution >= 4 is 12.0 Å². The molecule has 0 spiro atoms. The van der Waals surface area contributed by atoms with Crippen LogP contribution < -0.4 is 5.32 Å². The second-order valence-electron chi connectivity index (χ2n) is 9.06. The van der Waals surface area contributed by atoms with Gasteiger partial charge in [-0.1, -0.05) is 12.1 Å². The molecule has 2 amide bonds. The van der Waals surface area contributed by atoms with E-state index in [2.05, 4.69) is 16.3 Å². The molecule has 7 nitrogen and oxygen atoms in total. The van der Waals surface area contributed by atoms with Gasteiger partial charge in [0.15, 0.2) is 0 Å². The number of alkyl carbamates (subject to hydrolysis) is 1. The van der Waals surface area contributed by atoms with Gasteiger partial charge in [-0.05, 0) is 58.7 Å². The highest BCUT2D eigenvalue weighted by Gasteiger charge is 2.51. The van der Waals surface area contributed by atoms with E-state index in [0.29, 0.717) is 12.1 Å². The van der Waals surface area contributed by atoms with Crippen LogP contribution in [0.1, 0.15) is 58.2 Å². The Labute approximate surface area is 172 Å². The molecule has 7 heteroatoms. The van der Waals surface area contributed by atoms with E-state index in [4.69, 9.17) is 10.00 Å². The molecule has 2 bridgehead atoms. The Morgan fingerprint density at radius 1 is 1.31 bits per heavy atom. The van der Waals surface area contributed by atoms with Crippen LogP contribution in [0.15, 0.2) is 24.3 Å². The quantitative estimate of drug-likeness (QED) is 0.824. The summed E-state index contributed by atoms with van der Waals surface area (Å²) in [6.07, 6.45) is 0.384. The smallest absolute Gasteiger partial charge is 0.407 e. The molecule has 1 aromatic carbocycles. The maximum atomic E-state index is 13.0. The van der Waals surface area contributed by atoms with Gasteiger partial charge in [0.2, 0.25) is 5.91 Å². The van der Waals surface area contributed by atoms with E-state index in [9.17, 15) is 9.59 Å². The van der Waals surface area contributed by atoms with E-state index in [1.165, 1.54) is 0 Å². The number of likely N-dealkylation sites (tertiary alicyclic amines) is 2. The molecule has 4 atom stereocenters. The number of ether oxygens (including phenoxy) is 1. The zero-order valence-electron chi connectivity index (χ0n) is 17.8. The molecule has 2 fully saturated rings. The highest BCUT2D eigenvalue weighted by atomic mass is 16.6. The Morgan fingerprint density at radius 3 is 2.52 bits per heavy atom. The number of carbonyl (C=O) groups is 2. The predicted molar refractivity (Wildman–Crippen MR) is 109 cm³/mol. The van der Waals surface area contributed by atoms with Crippen LogP contribution in [0.4, 0.5) is 4.79 Å². The average Bonchev–Trinajstić information content (AvgIpc) is 3.16. The number of benzene rings is 1. The van der Waals surface area contributed by atoms with Crippen molar-refractivity contribution in [2.24, 2.45) is 0 Å². The maximum Gasteiger partial charge on any atom is 0.407 e. The van der Waals surface area contributed by atoms with E-state index in [0.717, 1.165) is 18.5 Å². The van der Waals surface area contributed by atoms with Crippen LogP contribution >= 0.6 is 0 Å². The largest absolute Gasteiger partial charge is 0.444 e. The molecule has 3 unspecified atom stereocenters. The summed E-state index contributed by atoms with van der Waals surface area (Å²) in [5.74, 6) is 0.141. The van der Waals surface area contributed by atoms with Crippen molar-refractivity contribution in [3.63, 3.8) is 0 Å². The van der Waals surface area contributed by atoms with Crippen LogP contribution in [0.2, 0.25) is 0 Å². The summed E-state index contributed by atoms with van der Waals surface area (Å²) >= 11 is 0. The van der Waals surface area contributed by atoms with Gasteiger partial charge in [-0.3, -0.25) is 9.69 Å². The summed E-state index contributed by atoms with van der Waals surface area (Å²) in [5.41, 5.74) is 1.12. The van der Waals surface area contributed by atoms with Gasteiger partial charge in [-0.25, -0.2) is 4.79 Å². The van der Waals surface area contributed by atoms with Crippen molar-refractivity contribution in [3.05, 3.63) is 35.4 Å². The van der Waals surface area contributed by atoms with Crippen molar-refractivity contribution < 1.29 is 14.3 Å². The summed E-state index contributed by atoms with van der Waals surface area (Å²) in [6, 6.07) is 9.46. The number of amides is 2. The summed E-state index contributed by atoms with van der Waals surface area (Å²) in [6.45, 7) is 10.9. The maximum absolute atomic E-state index is 13.0. The third-order valence-electron chi connectivity index (χ3n) is 5.53. The van der Waals surface area contributed by atoms with Crippen LogP contribution in [0.5, 0.6) is 0 Å². The molecule has 1 aromatic rings. The van der Waals surface area contributed by atoms with Crippen LogP contribution in [-0.2, 0) is 9.53 Å². The van der Waals surface area contributed by atoms with Gasteiger partial charge < -0.3 is 15.0 Å². The molecule has 2 aliphatic heterocycles. The van der Waals surface area contributed by atoms with Gasteiger partial charge in [-0.2, -0.15) is 5.26 Å². The minimum absolute atomic E-state index is 0.0234. The molecule has 0 radical (unpaired) electrons. The fraction of sp³-hybridized carbons (Fsp3) is 0.591. The first kappa shape index (κ1) is 21.1. The first-order chi connectivity index (χ1) is 13.6. The van der Waals surface area contributed by atoms with Crippen LogP contribution in [-0.4, -0.2) is 58.6 Å². The summed E-state index contributed by atoms with van der Waals surface area (Å²) in [5, 5.41) is 11.8. The molecular formula is C22H30N4O3. The zero-order chi connectivity index (χ0) is 21.3. The molecule has 1 N–H and O–H groups in total. The normalized spacial score (nSPS) is 23.6. The van der Waals surface area contributed by atoms with Crippen LogP contribution in [0.25, 0.3) is 0 Å². The standard InChI is InChI=1S/C22H30N4O3/c1-14(24-21(28)29-22(3,4)5)12-25-13-18-10-19(25)20(27)26(18)15(2)17-8-6-16(11-23)7-9-17/h6-9,14-15,18-19H,10,12-13H2,1-5H3,(H,24,28)/t14?,15?,18-,19?/m0/s1. The molecular weight excluding hydrogens is 368 g/mol. The van der Waals surface area contributed by atoms with Gasteiger partial charge in [0.05, 0.1) is 23.7 Å².